The molecular weight excluding hydrogens is 451 g/mol. The van der Waals surface area contributed by atoms with Gasteiger partial charge in [-0.3, -0.25) is 29.5 Å². The first-order valence-corrected chi connectivity index (χ1v) is 11.1. The number of carbonyl (C=O) groups excluding carboxylic acids is 4. The van der Waals surface area contributed by atoms with Gasteiger partial charge >= 0.3 is 0 Å². The van der Waals surface area contributed by atoms with Crippen LogP contribution in [0.15, 0.2) is 30.5 Å². The molecule has 4 amide bonds. The molecule has 3 heterocycles. The van der Waals surface area contributed by atoms with Crippen LogP contribution in [0.25, 0.3) is 0 Å². The molecule has 1 aliphatic carbocycles. The summed E-state index contributed by atoms with van der Waals surface area (Å²) in [6.45, 7) is 0.180. The van der Waals surface area contributed by atoms with Crippen LogP contribution in [0.5, 0.6) is 0 Å². The second-order valence-corrected chi connectivity index (χ2v) is 8.99. The maximum absolute atomic E-state index is 13.4. The topological polar surface area (TPSA) is 108 Å². The van der Waals surface area contributed by atoms with E-state index in [0.29, 0.717) is 22.4 Å². The molecule has 3 aliphatic rings. The van der Waals surface area contributed by atoms with Crippen molar-refractivity contribution in [3.05, 3.63) is 63.7 Å². The highest BCUT2D eigenvalue weighted by atomic mass is 35.5. The number of amides is 4. The predicted octanol–water partition coefficient (Wildman–Crippen LogP) is 2.52. The second-order valence-electron chi connectivity index (χ2n) is 8.58. The number of nitrogens with one attached hydrogen (secondary N) is 2. The van der Waals surface area contributed by atoms with Gasteiger partial charge in [-0.05, 0) is 55.0 Å². The molecule has 0 bridgehead atoms. The molecule has 1 aromatic heterocycles. The molecule has 33 heavy (non-hydrogen) atoms. The lowest BCUT2D eigenvalue weighted by atomic mass is 10.0. The van der Waals surface area contributed by atoms with Crippen molar-refractivity contribution in [2.45, 2.75) is 44.3 Å². The maximum Gasteiger partial charge on any atom is 0.255 e. The highest BCUT2D eigenvalue weighted by Crippen LogP contribution is 2.42. The Bertz CT molecular complexity index is 1200. The van der Waals surface area contributed by atoms with Crippen LogP contribution in [0.3, 0.4) is 0 Å². The fraction of sp³-hybridized carbons (Fsp3) is 0.348. The van der Waals surface area contributed by atoms with Gasteiger partial charge in [-0.15, -0.1) is 0 Å². The average Bonchev–Trinajstić information content (AvgIpc) is 3.56. The smallest absolute Gasteiger partial charge is 0.255 e. The molecule has 1 saturated carbocycles. The summed E-state index contributed by atoms with van der Waals surface area (Å²) in [6, 6.07) is 4.79. The fourth-order valence-electron chi connectivity index (χ4n) is 4.43. The summed E-state index contributed by atoms with van der Waals surface area (Å²) in [7, 11) is 0. The van der Waals surface area contributed by atoms with E-state index in [1.54, 1.807) is 18.2 Å². The quantitative estimate of drug-likeness (QED) is 0.653. The third-order valence-electron chi connectivity index (χ3n) is 6.30. The number of carbonyl (C=O) groups is 4. The Labute approximate surface area is 193 Å². The molecule has 2 N–H and O–H groups in total. The summed E-state index contributed by atoms with van der Waals surface area (Å²) in [5, 5.41) is 5.38. The number of benzene rings is 1. The molecule has 0 radical (unpaired) electrons. The number of fused-ring (bicyclic) bond motifs is 1. The number of aromatic nitrogens is 1. The molecule has 10 heteroatoms. The normalized spacial score (nSPS) is 21.0. The molecule has 170 valence electrons. The van der Waals surface area contributed by atoms with Crippen molar-refractivity contribution in [3.8, 4) is 0 Å². The van der Waals surface area contributed by atoms with Crippen LogP contribution in [-0.4, -0.2) is 39.6 Å². The van der Waals surface area contributed by atoms with Gasteiger partial charge in [0.1, 0.15) is 11.9 Å². The van der Waals surface area contributed by atoms with E-state index in [1.807, 2.05) is 0 Å². The van der Waals surface area contributed by atoms with E-state index in [1.165, 1.54) is 11.0 Å². The van der Waals surface area contributed by atoms with E-state index < -0.39 is 23.8 Å². The molecule has 2 aliphatic heterocycles. The van der Waals surface area contributed by atoms with E-state index in [-0.39, 0.29) is 48.0 Å². The van der Waals surface area contributed by atoms with Gasteiger partial charge in [0, 0.05) is 24.1 Å². The highest BCUT2D eigenvalue weighted by molar-refractivity contribution is 6.31. The van der Waals surface area contributed by atoms with Gasteiger partial charge in [0.25, 0.3) is 11.8 Å². The second kappa shape index (κ2) is 8.22. The number of hydrogen-bond donors (Lipinski definition) is 2. The van der Waals surface area contributed by atoms with E-state index in [0.717, 1.165) is 19.0 Å². The Kier molecular flexibility index (Phi) is 5.36. The molecule has 0 spiro atoms. The van der Waals surface area contributed by atoms with Crippen LogP contribution in [0.1, 0.15) is 63.7 Å². The van der Waals surface area contributed by atoms with Crippen LogP contribution >= 0.6 is 11.6 Å². The largest absolute Gasteiger partial charge is 0.343 e. The van der Waals surface area contributed by atoms with E-state index in [4.69, 9.17) is 11.6 Å². The van der Waals surface area contributed by atoms with Crippen molar-refractivity contribution >= 4 is 35.2 Å². The molecule has 2 fully saturated rings. The summed E-state index contributed by atoms with van der Waals surface area (Å²) < 4.78 is 13.4. The average molecular weight is 471 g/mol. The minimum atomic E-state index is -0.717. The Morgan fingerprint density at radius 2 is 2.00 bits per heavy atom. The first-order chi connectivity index (χ1) is 15.8. The van der Waals surface area contributed by atoms with Crippen LogP contribution in [0.4, 0.5) is 4.39 Å². The van der Waals surface area contributed by atoms with Crippen LogP contribution < -0.4 is 10.6 Å². The molecule has 1 saturated heterocycles. The Morgan fingerprint density at radius 3 is 2.70 bits per heavy atom. The summed E-state index contributed by atoms with van der Waals surface area (Å²) >= 11 is 6.18. The summed E-state index contributed by atoms with van der Waals surface area (Å²) in [5.74, 6) is -1.87. The van der Waals surface area contributed by atoms with Gasteiger partial charge in [-0.1, -0.05) is 11.6 Å². The van der Waals surface area contributed by atoms with Crippen LogP contribution in [-0.2, 0) is 16.1 Å². The molecule has 1 aromatic carbocycles. The van der Waals surface area contributed by atoms with E-state index in [9.17, 15) is 23.6 Å². The molecular formula is C23H20ClFN4O4. The highest BCUT2D eigenvalue weighted by Gasteiger charge is 2.40. The fourth-order valence-corrected chi connectivity index (χ4v) is 4.70. The molecule has 8 nitrogen and oxygen atoms in total. The zero-order valence-electron chi connectivity index (χ0n) is 17.4. The number of piperidine rings is 1. The lowest BCUT2D eigenvalue weighted by molar-refractivity contribution is -0.136. The molecule has 1 unspecified atom stereocenters. The van der Waals surface area contributed by atoms with Gasteiger partial charge in [0.15, 0.2) is 0 Å². The molecule has 5 rings (SSSR count). The monoisotopic (exact) mass is 470 g/mol. The minimum Gasteiger partial charge on any atom is -0.343 e. The van der Waals surface area contributed by atoms with Crippen molar-refractivity contribution in [3.63, 3.8) is 0 Å². The Hall–Kier alpha value is -3.33. The lowest BCUT2D eigenvalue weighted by Gasteiger charge is -2.29. The molecule has 2 atom stereocenters. The third-order valence-corrected chi connectivity index (χ3v) is 6.60. The van der Waals surface area contributed by atoms with Gasteiger partial charge in [0.2, 0.25) is 11.8 Å². The maximum atomic E-state index is 13.4. The Balaban J connectivity index is 1.34. The molecule has 2 aromatic rings. The summed E-state index contributed by atoms with van der Waals surface area (Å²) in [5.41, 5.74) is 1.85. The van der Waals surface area contributed by atoms with Gasteiger partial charge in [-0.2, -0.15) is 0 Å². The number of rotatable bonds is 5. The Morgan fingerprint density at radius 1 is 1.21 bits per heavy atom. The lowest BCUT2D eigenvalue weighted by Crippen LogP contribution is -2.52. The number of halogens is 2. The number of hydrogen-bond acceptors (Lipinski definition) is 5. The summed E-state index contributed by atoms with van der Waals surface area (Å²) in [6.07, 6.45) is 3.33. The zero-order valence-corrected chi connectivity index (χ0v) is 18.2. The predicted molar refractivity (Wildman–Crippen MR) is 115 cm³/mol. The van der Waals surface area contributed by atoms with Crippen molar-refractivity contribution in [1.82, 2.24) is 20.5 Å². The van der Waals surface area contributed by atoms with E-state index >= 15 is 0 Å². The van der Waals surface area contributed by atoms with E-state index in [2.05, 4.69) is 15.6 Å². The van der Waals surface area contributed by atoms with Crippen molar-refractivity contribution < 1.29 is 23.6 Å². The van der Waals surface area contributed by atoms with Crippen LogP contribution in [0, 0.1) is 11.7 Å². The first-order valence-electron chi connectivity index (χ1n) is 10.7. The summed E-state index contributed by atoms with van der Waals surface area (Å²) in [4.78, 5) is 55.0. The SMILES string of the molecule is O=C1CCC(N2Cc3cc(C(=O)N[C@H](c4ncc(F)cc4Cl)C4CC4)ccc3C2=O)C(=O)N1. The number of pyridine rings is 1. The zero-order chi connectivity index (χ0) is 23.3. The standard InChI is InChI=1S/C23H20ClFN4O4/c24-16-8-14(25)9-26-20(16)19(11-1-2-11)28-21(31)12-3-4-15-13(7-12)10-29(23(15)33)17-5-6-18(30)27-22(17)32/h3-4,7-9,11,17,19H,1-2,5-6,10H2,(H,28,31)(H,27,30,32)/t17?,19-/m0/s1. The van der Waals surface area contributed by atoms with Crippen LogP contribution in [0.2, 0.25) is 5.02 Å². The minimum absolute atomic E-state index is 0.159. The number of imide groups is 1. The van der Waals surface area contributed by atoms with Crippen molar-refractivity contribution in [2.75, 3.05) is 0 Å². The van der Waals surface area contributed by atoms with Crippen molar-refractivity contribution in [2.24, 2.45) is 5.92 Å². The number of nitrogens with zero attached hydrogens (tertiary/aromatic N) is 2. The van der Waals surface area contributed by atoms with Gasteiger partial charge in [-0.25, -0.2) is 4.39 Å². The first kappa shape index (κ1) is 21.5. The third kappa shape index (κ3) is 4.08. The van der Waals surface area contributed by atoms with Gasteiger partial charge < -0.3 is 10.2 Å². The van der Waals surface area contributed by atoms with Gasteiger partial charge in [0.05, 0.1) is 23.0 Å². The van der Waals surface area contributed by atoms with Crippen molar-refractivity contribution in [1.29, 1.82) is 0 Å².